The maximum Gasteiger partial charge on any atom is 0.0728 e. The van der Waals surface area contributed by atoms with E-state index in [-0.39, 0.29) is 6.61 Å². The van der Waals surface area contributed by atoms with E-state index in [1.165, 1.54) is 29.5 Å². The highest BCUT2D eigenvalue weighted by Gasteiger charge is 2.15. The highest BCUT2D eigenvalue weighted by molar-refractivity contribution is 5.40. The van der Waals surface area contributed by atoms with Crippen LogP contribution in [-0.2, 0) is 31.0 Å². The van der Waals surface area contributed by atoms with E-state index < -0.39 is 0 Å². The molecule has 0 bridgehead atoms. The van der Waals surface area contributed by atoms with Crippen molar-refractivity contribution < 1.29 is 9.84 Å². The standard InChI is InChI=1S/C13H18O2/c1-2-3-4-10-5-11(7-14)13-9-15-8-12(13)6-10/h5-6,14H,2-4,7-9H2,1H3. The molecule has 0 radical (unpaired) electrons. The van der Waals surface area contributed by atoms with Crippen LogP contribution in [0.4, 0.5) is 0 Å². The molecule has 1 aliphatic rings. The summed E-state index contributed by atoms with van der Waals surface area (Å²) in [6.45, 7) is 3.71. The number of aryl methyl sites for hydroxylation is 1. The highest BCUT2D eigenvalue weighted by Crippen LogP contribution is 2.26. The van der Waals surface area contributed by atoms with E-state index in [0.717, 1.165) is 12.0 Å². The van der Waals surface area contributed by atoms with Gasteiger partial charge in [0.15, 0.2) is 0 Å². The Balaban J connectivity index is 2.26. The zero-order valence-corrected chi connectivity index (χ0v) is 9.25. The maximum atomic E-state index is 9.30. The van der Waals surface area contributed by atoms with Crippen LogP contribution in [0, 0.1) is 0 Å². The second-order valence-corrected chi connectivity index (χ2v) is 4.15. The van der Waals surface area contributed by atoms with Crippen molar-refractivity contribution in [1.82, 2.24) is 0 Å². The summed E-state index contributed by atoms with van der Waals surface area (Å²) in [5.41, 5.74) is 4.87. The number of hydrogen-bond donors (Lipinski definition) is 1. The summed E-state index contributed by atoms with van der Waals surface area (Å²) in [6, 6.07) is 4.36. The van der Waals surface area contributed by atoms with Crippen molar-refractivity contribution >= 4 is 0 Å². The van der Waals surface area contributed by atoms with Gasteiger partial charge in [0.2, 0.25) is 0 Å². The van der Waals surface area contributed by atoms with Crippen molar-refractivity contribution in [2.45, 2.75) is 46.0 Å². The fraction of sp³-hybridized carbons (Fsp3) is 0.538. The van der Waals surface area contributed by atoms with Crippen molar-refractivity contribution in [3.05, 3.63) is 34.4 Å². The Hall–Kier alpha value is -0.860. The maximum absolute atomic E-state index is 9.30. The number of aliphatic hydroxyl groups is 1. The molecule has 15 heavy (non-hydrogen) atoms. The molecule has 0 saturated heterocycles. The molecule has 0 aromatic heterocycles. The van der Waals surface area contributed by atoms with E-state index >= 15 is 0 Å². The lowest BCUT2D eigenvalue weighted by Crippen LogP contribution is -1.97. The van der Waals surface area contributed by atoms with E-state index in [4.69, 9.17) is 4.74 Å². The second kappa shape index (κ2) is 4.77. The third-order valence-corrected chi connectivity index (χ3v) is 2.99. The summed E-state index contributed by atoms with van der Waals surface area (Å²) >= 11 is 0. The summed E-state index contributed by atoms with van der Waals surface area (Å²) in [4.78, 5) is 0. The minimum absolute atomic E-state index is 0.131. The first kappa shape index (κ1) is 10.7. The molecule has 0 fully saturated rings. The molecule has 1 aliphatic heterocycles. The monoisotopic (exact) mass is 206 g/mol. The number of fused-ring (bicyclic) bond motifs is 1. The highest BCUT2D eigenvalue weighted by atomic mass is 16.5. The normalized spacial score (nSPS) is 14.3. The lowest BCUT2D eigenvalue weighted by molar-refractivity contribution is 0.133. The summed E-state index contributed by atoms with van der Waals surface area (Å²) in [6.07, 6.45) is 3.53. The van der Waals surface area contributed by atoms with Gasteiger partial charge in [0.05, 0.1) is 19.8 Å². The lowest BCUT2D eigenvalue weighted by atomic mass is 9.97. The van der Waals surface area contributed by atoms with Crippen LogP contribution in [0.2, 0.25) is 0 Å². The molecular weight excluding hydrogens is 188 g/mol. The van der Waals surface area contributed by atoms with E-state index in [9.17, 15) is 5.11 Å². The van der Waals surface area contributed by atoms with Gasteiger partial charge in [0.25, 0.3) is 0 Å². The summed E-state index contributed by atoms with van der Waals surface area (Å²) in [5, 5.41) is 9.30. The number of benzene rings is 1. The zero-order chi connectivity index (χ0) is 10.7. The number of hydrogen-bond acceptors (Lipinski definition) is 2. The van der Waals surface area contributed by atoms with Crippen molar-refractivity contribution in [2.24, 2.45) is 0 Å². The van der Waals surface area contributed by atoms with Crippen LogP contribution in [0.25, 0.3) is 0 Å². The summed E-state index contributed by atoms with van der Waals surface area (Å²) in [5.74, 6) is 0. The van der Waals surface area contributed by atoms with Crippen molar-refractivity contribution in [1.29, 1.82) is 0 Å². The van der Waals surface area contributed by atoms with E-state index in [1.807, 2.05) is 0 Å². The first-order valence-corrected chi connectivity index (χ1v) is 5.67. The molecule has 0 spiro atoms. The van der Waals surface area contributed by atoms with Gasteiger partial charge in [-0.2, -0.15) is 0 Å². The predicted molar refractivity (Wildman–Crippen MR) is 59.5 cm³/mol. The molecule has 2 heteroatoms. The molecule has 1 aromatic carbocycles. The third kappa shape index (κ3) is 2.21. The number of unbranched alkanes of at least 4 members (excludes halogenated alkanes) is 1. The number of aliphatic hydroxyl groups excluding tert-OH is 1. The molecular formula is C13H18O2. The van der Waals surface area contributed by atoms with Gasteiger partial charge in [0, 0.05) is 0 Å². The average molecular weight is 206 g/mol. The van der Waals surface area contributed by atoms with Crippen LogP contribution < -0.4 is 0 Å². The van der Waals surface area contributed by atoms with Gasteiger partial charge in [-0.3, -0.25) is 0 Å². The molecule has 0 aliphatic carbocycles. The van der Waals surface area contributed by atoms with Gasteiger partial charge in [-0.25, -0.2) is 0 Å². The quantitative estimate of drug-likeness (QED) is 0.820. The third-order valence-electron chi connectivity index (χ3n) is 2.99. The van der Waals surface area contributed by atoms with Crippen LogP contribution >= 0.6 is 0 Å². The zero-order valence-electron chi connectivity index (χ0n) is 9.25. The Kier molecular flexibility index (Phi) is 3.39. The van der Waals surface area contributed by atoms with E-state index in [0.29, 0.717) is 13.2 Å². The van der Waals surface area contributed by atoms with Crippen molar-refractivity contribution in [3.63, 3.8) is 0 Å². The van der Waals surface area contributed by atoms with Gasteiger partial charge in [-0.05, 0) is 35.1 Å². The smallest absolute Gasteiger partial charge is 0.0728 e. The predicted octanol–water partition coefficient (Wildman–Crippen LogP) is 2.55. The van der Waals surface area contributed by atoms with E-state index in [1.54, 1.807) is 0 Å². The van der Waals surface area contributed by atoms with E-state index in [2.05, 4.69) is 19.1 Å². The second-order valence-electron chi connectivity index (χ2n) is 4.15. The number of ether oxygens (including phenoxy) is 1. The van der Waals surface area contributed by atoms with Gasteiger partial charge in [-0.1, -0.05) is 25.5 Å². The fourth-order valence-electron chi connectivity index (χ4n) is 2.11. The SMILES string of the molecule is CCCCc1cc(CO)c2c(c1)COC2. The molecule has 1 aromatic rings. The first-order valence-electron chi connectivity index (χ1n) is 5.67. The molecule has 82 valence electrons. The molecule has 0 atom stereocenters. The Bertz CT molecular complexity index is 345. The van der Waals surface area contributed by atoms with Crippen molar-refractivity contribution in [2.75, 3.05) is 0 Å². The fourth-order valence-corrected chi connectivity index (χ4v) is 2.11. The molecule has 2 rings (SSSR count). The van der Waals surface area contributed by atoms with Gasteiger partial charge < -0.3 is 9.84 Å². The van der Waals surface area contributed by atoms with Gasteiger partial charge in [0.1, 0.15) is 0 Å². The Morgan fingerprint density at radius 3 is 2.93 bits per heavy atom. The molecule has 0 unspecified atom stereocenters. The Morgan fingerprint density at radius 2 is 2.20 bits per heavy atom. The molecule has 2 nitrogen and oxygen atoms in total. The minimum Gasteiger partial charge on any atom is -0.392 e. The van der Waals surface area contributed by atoms with Crippen molar-refractivity contribution in [3.8, 4) is 0 Å². The Morgan fingerprint density at radius 1 is 1.33 bits per heavy atom. The van der Waals surface area contributed by atoms with Gasteiger partial charge in [-0.15, -0.1) is 0 Å². The van der Waals surface area contributed by atoms with Crippen LogP contribution in [0.3, 0.4) is 0 Å². The average Bonchev–Trinajstić information content (AvgIpc) is 2.73. The minimum atomic E-state index is 0.131. The first-order chi connectivity index (χ1) is 7.35. The summed E-state index contributed by atoms with van der Waals surface area (Å²) in [7, 11) is 0. The largest absolute Gasteiger partial charge is 0.392 e. The van der Waals surface area contributed by atoms with Crippen LogP contribution in [0.5, 0.6) is 0 Å². The van der Waals surface area contributed by atoms with Crippen LogP contribution in [-0.4, -0.2) is 5.11 Å². The lowest BCUT2D eigenvalue weighted by Gasteiger charge is -2.08. The molecule has 1 N–H and O–H groups in total. The Labute approximate surface area is 90.9 Å². The molecule has 1 heterocycles. The summed E-state index contributed by atoms with van der Waals surface area (Å²) < 4.78 is 5.41. The van der Waals surface area contributed by atoms with Crippen LogP contribution in [0.1, 0.15) is 42.0 Å². The molecule has 0 saturated carbocycles. The molecule has 0 amide bonds. The topological polar surface area (TPSA) is 29.5 Å². The number of rotatable bonds is 4. The van der Waals surface area contributed by atoms with Crippen LogP contribution in [0.15, 0.2) is 12.1 Å². The van der Waals surface area contributed by atoms with Gasteiger partial charge >= 0.3 is 0 Å².